The Balaban J connectivity index is 2.06. The fraction of sp³-hybridized carbons (Fsp3) is 0.417. The van der Waals surface area contributed by atoms with Crippen molar-refractivity contribution in [3.8, 4) is 0 Å². The van der Waals surface area contributed by atoms with Crippen molar-refractivity contribution in [3.63, 3.8) is 0 Å². The van der Waals surface area contributed by atoms with Gasteiger partial charge in [0.25, 0.3) is 0 Å². The molecule has 3 nitrogen and oxygen atoms in total. The van der Waals surface area contributed by atoms with E-state index in [-0.39, 0.29) is 0 Å². The second-order valence-corrected chi connectivity index (χ2v) is 4.03. The third-order valence-corrected chi connectivity index (χ3v) is 2.95. The SMILES string of the molecule is NOCc1ccc(C2CCC(=O)C2)cc1. The summed E-state index contributed by atoms with van der Waals surface area (Å²) in [5, 5.41) is 0. The highest BCUT2D eigenvalue weighted by Gasteiger charge is 2.23. The lowest BCUT2D eigenvalue weighted by Gasteiger charge is -2.08. The molecular formula is C12H15NO2. The Labute approximate surface area is 89.2 Å². The largest absolute Gasteiger partial charge is 0.300 e. The molecule has 1 unspecified atom stereocenters. The van der Waals surface area contributed by atoms with Gasteiger partial charge < -0.3 is 0 Å². The quantitative estimate of drug-likeness (QED) is 0.767. The first-order valence-corrected chi connectivity index (χ1v) is 5.22. The van der Waals surface area contributed by atoms with Crippen molar-refractivity contribution in [1.82, 2.24) is 0 Å². The molecule has 0 spiro atoms. The van der Waals surface area contributed by atoms with E-state index in [0.717, 1.165) is 18.4 Å². The molecule has 0 saturated heterocycles. The zero-order chi connectivity index (χ0) is 10.7. The minimum Gasteiger partial charge on any atom is -0.300 e. The molecule has 0 aromatic heterocycles. The van der Waals surface area contributed by atoms with Crippen molar-refractivity contribution in [2.24, 2.45) is 5.90 Å². The van der Waals surface area contributed by atoms with Crippen molar-refractivity contribution < 1.29 is 9.63 Å². The molecule has 2 rings (SSSR count). The highest BCUT2D eigenvalue weighted by Crippen LogP contribution is 2.31. The molecule has 0 radical (unpaired) electrons. The summed E-state index contributed by atoms with van der Waals surface area (Å²) in [5.74, 6) is 5.80. The molecule has 0 bridgehead atoms. The van der Waals surface area contributed by atoms with Crippen LogP contribution < -0.4 is 5.90 Å². The van der Waals surface area contributed by atoms with E-state index >= 15 is 0 Å². The minimum absolute atomic E-state index is 0.384. The molecule has 0 amide bonds. The van der Waals surface area contributed by atoms with E-state index in [1.54, 1.807) is 0 Å². The first kappa shape index (κ1) is 10.3. The number of carbonyl (C=O) groups excluding carboxylic acids is 1. The summed E-state index contributed by atoms with van der Waals surface area (Å²) in [6.07, 6.45) is 2.43. The molecule has 1 aliphatic carbocycles. The molecular weight excluding hydrogens is 190 g/mol. The van der Waals surface area contributed by atoms with E-state index in [9.17, 15) is 4.79 Å². The normalized spacial score (nSPS) is 20.9. The number of benzene rings is 1. The lowest BCUT2D eigenvalue weighted by atomic mass is 9.97. The fourth-order valence-electron chi connectivity index (χ4n) is 2.08. The van der Waals surface area contributed by atoms with Crippen LogP contribution in [-0.2, 0) is 16.2 Å². The van der Waals surface area contributed by atoms with Crippen LogP contribution in [0.15, 0.2) is 24.3 Å². The van der Waals surface area contributed by atoms with E-state index in [4.69, 9.17) is 5.90 Å². The van der Waals surface area contributed by atoms with Gasteiger partial charge in [0.2, 0.25) is 0 Å². The zero-order valence-corrected chi connectivity index (χ0v) is 8.61. The van der Waals surface area contributed by atoms with Gasteiger partial charge in [-0.15, -0.1) is 0 Å². The van der Waals surface area contributed by atoms with Crippen LogP contribution in [0.25, 0.3) is 0 Å². The van der Waals surface area contributed by atoms with Crippen LogP contribution >= 0.6 is 0 Å². The minimum atomic E-state index is 0.384. The number of hydrogen-bond acceptors (Lipinski definition) is 3. The van der Waals surface area contributed by atoms with Crippen LogP contribution in [0.5, 0.6) is 0 Å². The standard InChI is InChI=1S/C12H15NO2/c13-15-8-9-1-3-10(4-2-9)11-5-6-12(14)7-11/h1-4,11H,5-8,13H2. The summed E-state index contributed by atoms with van der Waals surface area (Å²) >= 11 is 0. The van der Waals surface area contributed by atoms with Crippen molar-refractivity contribution in [2.75, 3.05) is 0 Å². The Morgan fingerprint density at radius 1 is 1.33 bits per heavy atom. The summed E-state index contributed by atoms with van der Waals surface area (Å²) in [5.41, 5.74) is 2.31. The monoisotopic (exact) mass is 205 g/mol. The van der Waals surface area contributed by atoms with Crippen LogP contribution in [-0.4, -0.2) is 5.78 Å². The molecule has 1 fully saturated rings. The van der Waals surface area contributed by atoms with Crippen molar-refractivity contribution in [1.29, 1.82) is 0 Å². The van der Waals surface area contributed by atoms with E-state index in [1.165, 1.54) is 5.56 Å². The average molecular weight is 205 g/mol. The molecule has 0 aliphatic heterocycles. The van der Waals surface area contributed by atoms with Gasteiger partial charge in [0.15, 0.2) is 0 Å². The Kier molecular flexibility index (Phi) is 3.14. The van der Waals surface area contributed by atoms with Crippen LogP contribution in [0.2, 0.25) is 0 Å². The predicted molar refractivity (Wildman–Crippen MR) is 57.0 cm³/mol. The van der Waals surface area contributed by atoms with Crippen molar-refractivity contribution in [3.05, 3.63) is 35.4 Å². The molecule has 80 valence electrons. The van der Waals surface area contributed by atoms with E-state index < -0.39 is 0 Å². The zero-order valence-electron chi connectivity index (χ0n) is 8.61. The first-order valence-electron chi connectivity index (χ1n) is 5.22. The highest BCUT2D eigenvalue weighted by atomic mass is 16.6. The van der Waals surface area contributed by atoms with Gasteiger partial charge in [-0.25, -0.2) is 5.90 Å². The maximum absolute atomic E-state index is 11.2. The van der Waals surface area contributed by atoms with Gasteiger partial charge in [-0.1, -0.05) is 24.3 Å². The third-order valence-electron chi connectivity index (χ3n) is 2.95. The topological polar surface area (TPSA) is 52.3 Å². The van der Waals surface area contributed by atoms with Crippen molar-refractivity contribution in [2.45, 2.75) is 31.8 Å². The molecule has 15 heavy (non-hydrogen) atoms. The molecule has 3 heteroatoms. The summed E-state index contributed by atoms with van der Waals surface area (Å²) in [6, 6.07) is 8.14. The van der Waals surface area contributed by atoms with Gasteiger partial charge in [-0.2, -0.15) is 0 Å². The lowest BCUT2D eigenvalue weighted by molar-refractivity contribution is -0.117. The lowest BCUT2D eigenvalue weighted by Crippen LogP contribution is -1.99. The maximum atomic E-state index is 11.2. The van der Waals surface area contributed by atoms with Crippen LogP contribution in [0, 0.1) is 0 Å². The fourth-order valence-corrected chi connectivity index (χ4v) is 2.08. The van der Waals surface area contributed by atoms with E-state index in [2.05, 4.69) is 17.0 Å². The number of rotatable bonds is 3. The summed E-state index contributed by atoms with van der Waals surface area (Å²) < 4.78 is 0. The second-order valence-electron chi connectivity index (χ2n) is 4.03. The smallest absolute Gasteiger partial charge is 0.133 e. The summed E-state index contributed by atoms with van der Waals surface area (Å²) in [7, 11) is 0. The van der Waals surface area contributed by atoms with Crippen molar-refractivity contribution >= 4 is 5.78 Å². The van der Waals surface area contributed by atoms with Gasteiger partial charge in [0.1, 0.15) is 5.78 Å². The number of nitrogens with two attached hydrogens (primary N) is 1. The number of ketones is 1. The van der Waals surface area contributed by atoms with E-state index in [1.807, 2.05) is 12.1 Å². The van der Waals surface area contributed by atoms with E-state index in [0.29, 0.717) is 24.7 Å². The number of carbonyl (C=O) groups is 1. The van der Waals surface area contributed by atoms with Gasteiger partial charge >= 0.3 is 0 Å². The van der Waals surface area contributed by atoms with Crippen LogP contribution in [0.1, 0.15) is 36.3 Å². The highest BCUT2D eigenvalue weighted by molar-refractivity contribution is 5.81. The Hall–Kier alpha value is -1.19. The molecule has 1 atom stereocenters. The second kappa shape index (κ2) is 4.55. The number of hydrogen-bond donors (Lipinski definition) is 1. The molecule has 1 saturated carbocycles. The maximum Gasteiger partial charge on any atom is 0.133 e. The van der Waals surface area contributed by atoms with Gasteiger partial charge in [0, 0.05) is 12.8 Å². The third kappa shape index (κ3) is 2.43. The van der Waals surface area contributed by atoms with Gasteiger partial charge in [-0.3, -0.25) is 9.63 Å². The van der Waals surface area contributed by atoms with Crippen LogP contribution in [0.4, 0.5) is 0 Å². The molecule has 2 N–H and O–H groups in total. The summed E-state index contributed by atoms with van der Waals surface area (Å²) in [6.45, 7) is 0.434. The Morgan fingerprint density at radius 3 is 2.60 bits per heavy atom. The average Bonchev–Trinajstić information content (AvgIpc) is 2.67. The Bertz CT molecular complexity index is 345. The Morgan fingerprint density at radius 2 is 2.07 bits per heavy atom. The van der Waals surface area contributed by atoms with Gasteiger partial charge in [0.05, 0.1) is 6.61 Å². The molecule has 0 heterocycles. The predicted octanol–water partition coefficient (Wildman–Crippen LogP) is 1.91. The molecule has 1 aromatic carbocycles. The molecule has 1 aliphatic rings. The number of Topliss-reactive ketones (excluding diaryl/α,β-unsaturated/α-hetero) is 1. The molecule has 1 aromatic rings. The van der Waals surface area contributed by atoms with Gasteiger partial charge in [-0.05, 0) is 23.5 Å². The first-order chi connectivity index (χ1) is 7.29. The summed E-state index contributed by atoms with van der Waals surface area (Å²) in [4.78, 5) is 15.7. The van der Waals surface area contributed by atoms with Crippen LogP contribution in [0.3, 0.4) is 0 Å².